The van der Waals surface area contributed by atoms with Crippen molar-refractivity contribution >= 4 is 26.8 Å². The predicted molar refractivity (Wildman–Crippen MR) is 124 cm³/mol. The molecule has 182 valence electrons. The number of carbonyl (C=O) groups is 1. The molecular weight excluding hydrogens is 481 g/mol. The zero-order valence-electron chi connectivity index (χ0n) is 18.5. The first-order valence-corrected chi connectivity index (χ1v) is 12.2. The van der Waals surface area contributed by atoms with Crippen LogP contribution in [0.4, 0.5) is 13.2 Å². The molecule has 0 bridgehead atoms. The molecule has 0 aliphatic rings. The van der Waals surface area contributed by atoms with Gasteiger partial charge in [0.2, 0.25) is 5.09 Å². The van der Waals surface area contributed by atoms with Crippen molar-refractivity contribution in [3.05, 3.63) is 84.1 Å². The van der Waals surface area contributed by atoms with Crippen LogP contribution in [0.5, 0.6) is 0 Å². The van der Waals surface area contributed by atoms with E-state index in [-0.39, 0.29) is 17.3 Å². The molecule has 4 aromatic rings. The third-order valence-electron chi connectivity index (χ3n) is 5.46. The summed E-state index contributed by atoms with van der Waals surface area (Å²) in [6.07, 6.45) is -3.30. The molecule has 0 fully saturated rings. The fourth-order valence-corrected chi connectivity index (χ4v) is 4.74. The summed E-state index contributed by atoms with van der Waals surface area (Å²) in [5.41, 5.74) is 1.35. The third kappa shape index (κ3) is 5.77. The maximum atomic E-state index is 12.8. The Kier molecular flexibility index (Phi) is 6.77. The molecule has 0 saturated heterocycles. The number of ketones is 1. The van der Waals surface area contributed by atoms with Gasteiger partial charge < -0.3 is 4.42 Å². The van der Waals surface area contributed by atoms with E-state index in [1.54, 1.807) is 48.5 Å². The molecule has 0 aliphatic heterocycles. The Morgan fingerprint density at radius 1 is 1.06 bits per heavy atom. The fraction of sp³-hybridized carbons (Fsp3) is 0.200. The van der Waals surface area contributed by atoms with Crippen LogP contribution in [0.1, 0.15) is 24.5 Å². The average Bonchev–Trinajstić information content (AvgIpc) is 3.27. The van der Waals surface area contributed by atoms with Gasteiger partial charge in [0.1, 0.15) is 5.58 Å². The van der Waals surface area contributed by atoms with E-state index in [0.717, 1.165) is 17.8 Å². The number of fused-ring (bicyclic) bond motifs is 1. The number of aryl methyl sites for hydroxylation is 1. The molecule has 1 atom stereocenters. The topological polar surface area (TPSA) is 89.3 Å². The van der Waals surface area contributed by atoms with Crippen LogP contribution in [0.2, 0.25) is 0 Å². The number of hydrogen-bond acceptors (Lipinski definition) is 5. The Balaban J connectivity index is 1.39. The number of nitrogens with one attached hydrogen (secondary N) is 1. The van der Waals surface area contributed by atoms with Crippen molar-refractivity contribution < 1.29 is 30.8 Å². The van der Waals surface area contributed by atoms with Crippen LogP contribution in [0.25, 0.3) is 22.2 Å². The summed E-state index contributed by atoms with van der Waals surface area (Å²) in [6.45, 7) is 1.46. The van der Waals surface area contributed by atoms with Gasteiger partial charge in [-0.3, -0.25) is 9.78 Å². The Labute approximate surface area is 199 Å². The number of furan rings is 1. The van der Waals surface area contributed by atoms with E-state index >= 15 is 0 Å². The highest BCUT2D eigenvalue weighted by Gasteiger charge is 2.30. The van der Waals surface area contributed by atoms with Gasteiger partial charge in [0.15, 0.2) is 5.78 Å². The number of rotatable bonds is 8. The van der Waals surface area contributed by atoms with E-state index in [0.29, 0.717) is 28.6 Å². The third-order valence-corrected chi connectivity index (χ3v) is 6.85. The van der Waals surface area contributed by atoms with E-state index in [9.17, 15) is 26.4 Å². The largest absolute Gasteiger partial charge is 0.443 e. The van der Waals surface area contributed by atoms with Crippen molar-refractivity contribution in [3.8, 4) is 11.3 Å². The van der Waals surface area contributed by atoms with Gasteiger partial charge in [0.05, 0.1) is 17.3 Å². The SMILES string of the molecule is CC(NS(=O)(=O)c1cc2ccccc2o1)C(=O)CCc1cccc(-c2ccc(C(F)(F)F)cn2)c1. The molecule has 0 radical (unpaired) electrons. The summed E-state index contributed by atoms with van der Waals surface area (Å²) < 4.78 is 71.3. The quantitative estimate of drug-likeness (QED) is 0.349. The molecule has 10 heteroatoms. The van der Waals surface area contributed by atoms with E-state index in [2.05, 4.69) is 9.71 Å². The van der Waals surface area contributed by atoms with Gasteiger partial charge in [-0.2, -0.15) is 17.9 Å². The minimum absolute atomic E-state index is 0.0632. The lowest BCUT2D eigenvalue weighted by molar-refractivity contribution is -0.137. The summed E-state index contributed by atoms with van der Waals surface area (Å²) in [5, 5.41) is 0.365. The first-order valence-electron chi connectivity index (χ1n) is 10.7. The number of benzene rings is 2. The van der Waals surface area contributed by atoms with Gasteiger partial charge in [-0.1, -0.05) is 36.4 Å². The van der Waals surface area contributed by atoms with Crippen LogP contribution in [0.3, 0.4) is 0 Å². The number of nitrogens with zero attached hydrogens (tertiary/aromatic N) is 1. The highest BCUT2D eigenvalue weighted by Crippen LogP contribution is 2.30. The number of pyridine rings is 1. The second-order valence-corrected chi connectivity index (χ2v) is 9.69. The monoisotopic (exact) mass is 502 g/mol. The van der Waals surface area contributed by atoms with Crippen molar-refractivity contribution in [1.29, 1.82) is 0 Å². The van der Waals surface area contributed by atoms with Gasteiger partial charge in [-0.25, -0.2) is 8.42 Å². The summed E-state index contributed by atoms with van der Waals surface area (Å²) in [5.74, 6) is -0.317. The Morgan fingerprint density at radius 2 is 1.83 bits per heavy atom. The van der Waals surface area contributed by atoms with Crippen LogP contribution < -0.4 is 4.72 Å². The minimum Gasteiger partial charge on any atom is -0.443 e. The number of sulfonamides is 1. The number of hydrogen-bond donors (Lipinski definition) is 1. The van der Waals surface area contributed by atoms with Gasteiger partial charge >= 0.3 is 6.18 Å². The first-order chi connectivity index (χ1) is 16.5. The van der Waals surface area contributed by atoms with E-state index in [4.69, 9.17) is 4.42 Å². The van der Waals surface area contributed by atoms with Gasteiger partial charge in [-0.05, 0) is 43.2 Å². The molecule has 0 amide bonds. The highest BCUT2D eigenvalue weighted by molar-refractivity contribution is 7.89. The van der Waals surface area contributed by atoms with Gasteiger partial charge in [0.25, 0.3) is 10.0 Å². The molecule has 35 heavy (non-hydrogen) atoms. The van der Waals surface area contributed by atoms with Crippen molar-refractivity contribution in [2.24, 2.45) is 0 Å². The molecular formula is C25H21F3N2O4S. The molecule has 0 saturated carbocycles. The minimum atomic E-state index is -4.46. The molecule has 0 aliphatic carbocycles. The molecule has 6 nitrogen and oxygen atoms in total. The lowest BCUT2D eigenvalue weighted by atomic mass is 10.0. The number of alkyl halides is 3. The van der Waals surface area contributed by atoms with Crippen molar-refractivity contribution in [1.82, 2.24) is 9.71 Å². The molecule has 2 aromatic heterocycles. The summed E-state index contributed by atoms with van der Waals surface area (Å²) >= 11 is 0. The highest BCUT2D eigenvalue weighted by atomic mass is 32.2. The fourth-order valence-electron chi connectivity index (χ4n) is 3.55. The zero-order valence-corrected chi connectivity index (χ0v) is 19.4. The Bertz CT molecular complexity index is 1430. The van der Waals surface area contributed by atoms with Crippen molar-refractivity contribution in [3.63, 3.8) is 0 Å². The standard InChI is InChI=1S/C25H21F3N2O4S/c1-16(30-35(32,33)24-14-19-6-2-3-8-23(19)34-24)22(31)12-9-17-5-4-7-18(13-17)21-11-10-20(15-29-21)25(26,27)28/h2-8,10-11,13-16,30H,9,12H2,1H3. The lowest BCUT2D eigenvalue weighted by Gasteiger charge is -2.12. The zero-order chi connectivity index (χ0) is 25.2. The smallest absolute Gasteiger partial charge is 0.417 e. The van der Waals surface area contributed by atoms with Gasteiger partial charge in [-0.15, -0.1) is 0 Å². The predicted octanol–water partition coefficient (Wildman–Crippen LogP) is 5.38. The molecule has 1 N–H and O–H groups in total. The Morgan fingerprint density at radius 3 is 2.51 bits per heavy atom. The normalized spacial score (nSPS) is 13.1. The lowest BCUT2D eigenvalue weighted by Crippen LogP contribution is -2.38. The molecule has 0 spiro atoms. The molecule has 1 unspecified atom stereocenters. The van der Waals surface area contributed by atoms with E-state index in [1.165, 1.54) is 19.1 Å². The Hall–Kier alpha value is -3.50. The average molecular weight is 503 g/mol. The van der Waals surface area contributed by atoms with Crippen molar-refractivity contribution in [2.75, 3.05) is 0 Å². The summed E-state index contributed by atoms with van der Waals surface area (Å²) in [6, 6.07) is 16.5. The summed E-state index contributed by atoms with van der Waals surface area (Å²) in [4.78, 5) is 16.5. The van der Waals surface area contributed by atoms with Crippen LogP contribution >= 0.6 is 0 Å². The second-order valence-electron chi connectivity index (χ2n) is 8.04. The van der Waals surface area contributed by atoms with Crippen LogP contribution in [0.15, 0.2) is 82.4 Å². The maximum Gasteiger partial charge on any atom is 0.417 e. The summed E-state index contributed by atoms with van der Waals surface area (Å²) in [7, 11) is -4.03. The molecule has 2 aromatic carbocycles. The van der Waals surface area contributed by atoms with Crippen LogP contribution in [0, 0.1) is 0 Å². The van der Waals surface area contributed by atoms with Crippen LogP contribution in [-0.4, -0.2) is 25.2 Å². The first kappa shape index (κ1) is 24.6. The molecule has 2 heterocycles. The number of Topliss-reactive ketones (excluding diaryl/α,β-unsaturated/α-hetero) is 1. The maximum absolute atomic E-state index is 12.8. The number of carbonyl (C=O) groups excluding carboxylic acids is 1. The second kappa shape index (κ2) is 9.63. The van der Waals surface area contributed by atoms with E-state index in [1.807, 2.05) is 0 Å². The van der Waals surface area contributed by atoms with Crippen molar-refractivity contribution in [2.45, 2.75) is 37.1 Å². The van der Waals surface area contributed by atoms with E-state index < -0.39 is 27.8 Å². The van der Waals surface area contributed by atoms with Crippen LogP contribution in [-0.2, 0) is 27.4 Å². The number of para-hydroxylation sites is 1. The van der Waals surface area contributed by atoms with Gasteiger partial charge in [0, 0.05) is 29.6 Å². The number of halogens is 3. The number of aromatic nitrogens is 1. The molecule has 4 rings (SSSR count).